The second-order valence-corrected chi connectivity index (χ2v) is 7.82. The molecular weight excluding hydrogens is 286 g/mol. The van der Waals surface area contributed by atoms with Gasteiger partial charge in [-0.3, -0.25) is 0 Å². The Morgan fingerprint density at radius 3 is 2.71 bits per heavy atom. The average molecular weight is 311 g/mol. The molecular formula is C15H25N3O2S. The van der Waals surface area contributed by atoms with E-state index >= 15 is 0 Å². The van der Waals surface area contributed by atoms with Crippen molar-refractivity contribution >= 4 is 10.2 Å². The van der Waals surface area contributed by atoms with E-state index < -0.39 is 10.2 Å². The molecule has 0 radical (unpaired) electrons. The number of nitrogens with zero attached hydrogens (tertiary/aromatic N) is 1. The van der Waals surface area contributed by atoms with Crippen LogP contribution in [-0.2, 0) is 10.2 Å². The minimum atomic E-state index is -3.36. The summed E-state index contributed by atoms with van der Waals surface area (Å²) in [5, 5.41) is 3.37. The van der Waals surface area contributed by atoms with Crippen LogP contribution < -0.4 is 10.0 Å². The van der Waals surface area contributed by atoms with E-state index in [1.165, 1.54) is 15.4 Å². The number of piperidine rings is 1. The first-order valence-electron chi connectivity index (χ1n) is 7.35. The van der Waals surface area contributed by atoms with Crippen molar-refractivity contribution in [1.29, 1.82) is 0 Å². The molecule has 5 nitrogen and oxygen atoms in total. The van der Waals surface area contributed by atoms with Gasteiger partial charge in [-0.2, -0.15) is 12.7 Å². The Balaban J connectivity index is 2.12. The summed E-state index contributed by atoms with van der Waals surface area (Å²) in [6, 6.07) is 8.40. The van der Waals surface area contributed by atoms with Gasteiger partial charge in [0.25, 0.3) is 10.2 Å². The number of rotatable bonds is 5. The Hall–Kier alpha value is -0.950. The minimum absolute atomic E-state index is 0.273. The fourth-order valence-electron chi connectivity index (χ4n) is 2.89. The van der Waals surface area contributed by atoms with E-state index in [9.17, 15) is 8.42 Å². The summed E-state index contributed by atoms with van der Waals surface area (Å²) in [5.74, 6) is 0.673. The Morgan fingerprint density at radius 1 is 1.33 bits per heavy atom. The molecule has 118 valence electrons. The average Bonchev–Trinajstić information content (AvgIpc) is 2.46. The van der Waals surface area contributed by atoms with Gasteiger partial charge in [-0.1, -0.05) is 24.3 Å². The quantitative estimate of drug-likeness (QED) is 0.855. The zero-order chi connectivity index (χ0) is 15.5. The van der Waals surface area contributed by atoms with Crippen LogP contribution in [0.5, 0.6) is 0 Å². The van der Waals surface area contributed by atoms with Gasteiger partial charge in [0.05, 0.1) is 0 Å². The maximum atomic E-state index is 11.9. The van der Waals surface area contributed by atoms with Crippen LogP contribution in [0.1, 0.15) is 23.5 Å². The first-order chi connectivity index (χ1) is 9.92. The molecule has 0 spiro atoms. The van der Waals surface area contributed by atoms with E-state index in [-0.39, 0.29) is 5.92 Å². The molecule has 0 bridgehead atoms. The fourth-order valence-corrected chi connectivity index (χ4v) is 3.57. The molecule has 0 aliphatic carbocycles. The molecule has 6 heteroatoms. The number of hydrogen-bond donors (Lipinski definition) is 2. The van der Waals surface area contributed by atoms with E-state index in [4.69, 9.17) is 0 Å². The van der Waals surface area contributed by atoms with Crippen LogP contribution in [0.25, 0.3) is 0 Å². The van der Waals surface area contributed by atoms with E-state index in [1.54, 1.807) is 14.1 Å². The number of benzene rings is 1. The summed E-state index contributed by atoms with van der Waals surface area (Å²) in [6.45, 7) is 4.41. The van der Waals surface area contributed by atoms with Gasteiger partial charge in [-0.15, -0.1) is 0 Å². The minimum Gasteiger partial charge on any atom is -0.316 e. The molecule has 0 saturated carbocycles. The summed E-state index contributed by atoms with van der Waals surface area (Å²) >= 11 is 0. The predicted molar refractivity (Wildman–Crippen MR) is 85.5 cm³/mol. The lowest BCUT2D eigenvalue weighted by Crippen LogP contribution is -2.44. The molecule has 1 aliphatic rings. The lowest BCUT2D eigenvalue weighted by molar-refractivity contribution is 0.323. The summed E-state index contributed by atoms with van der Waals surface area (Å²) < 4.78 is 27.7. The molecule has 1 saturated heterocycles. The standard InChI is InChI=1S/C15H25N3O2S/c1-12-6-4-5-7-14(12)15-8-9-16-10-13(15)11-17-21(19,20)18(2)3/h4-7,13,15-17H,8-11H2,1-3H3. The molecule has 1 heterocycles. The molecule has 1 aliphatic heterocycles. The van der Waals surface area contributed by atoms with E-state index in [1.807, 2.05) is 6.07 Å². The number of aryl methyl sites for hydroxylation is 1. The van der Waals surface area contributed by atoms with Gasteiger partial charge in [0, 0.05) is 20.6 Å². The van der Waals surface area contributed by atoms with Gasteiger partial charge in [0.1, 0.15) is 0 Å². The molecule has 1 aromatic carbocycles. The van der Waals surface area contributed by atoms with Crippen LogP contribution in [0.4, 0.5) is 0 Å². The van der Waals surface area contributed by atoms with Crippen molar-refractivity contribution in [3.63, 3.8) is 0 Å². The lowest BCUT2D eigenvalue weighted by Gasteiger charge is -2.33. The van der Waals surface area contributed by atoms with Gasteiger partial charge in [0.15, 0.2) is 0 Å². The third-order valence-electron chi connectivity index (χ3n) is 4.20. The second kappa shape index (κ2) is 6.87. The number of nitrogens with one attached hydrogen (secondary N) is 2. The lowest BCUT2D eigenvalue weighted by atomic mass is 9.79. The van der Waals surface area contributed by atoms with Crippen molar-refractivity contribution in [1.82, 2.24) is 14.3 Å². The van der Waals surface area contributed by atoms with Crippen LogP contribution in [0, 0.1) is 12.8 Å². The summed E-state index contributed by atoms with van der Waals surface area (Å²) in [4.78, 5) is 0. The first kappa shape index (κ1) is 16.4. The number of hydrogen-bond acceptors (Lipinski definition) is 3. The largest absolute Gasteiger partial charge is 0.316 e. The van der Waals surface area contributed by atoms with Crippen molar-refractivity contribution in [2.45, 2.75) is 19.3 Å². The van der Waals surface area contributed by atoms with E-state index in [0.717, 1.165) is 19.5 Å². The van der Waals surface area contributed by atoms with Crippen LogP contribution >= 0.6 is 0 Å². The van der Waals surface area contributed by atoms with Gasteiger partial charge in [-0.25, -0.2) is 4.72 Å². The van der Waals surface area contributed by atoms with Crippen LogP contribution in [0.2, 0.25) is 0 Å². The maximum absolute atomic E-state index is 11.9. The van der Waals surface area contributed by atoms with E-state index in [2.05, 4.69) is 35.2 Å². The van der Waals surface area contributed by atoms with Crippen molar-refractivity contribution in [2.75, 3.05) is 33.7 Å². The van der Waals surface area contributed by atoms with Gasteiger partial charge < -0.3 is 5.32 Å². The third kappa shape index (κ3) is 4.03. The van der Waals surface area contributed by atoms with Crippen molar-refractivity contribution < 1.29 is 8.42 Å². The van der Waals surface area contributed by atoms with Crippen LogP contribution in [0.3, 0.4) is 0 Å². The Labute approximate surface area is 127 Å². The summed E-state index contributed by atoms with van der Waals surface area (Å²) in [5.41, 5.74) is 2.62. The topological polar surface area (TPSA) is 61.4 Å². The molecule has 1 aromatic rings. The molecule has 0 amide bonds. The smallest absolute Gasteiger partial charge is 0.278 e. The highest BCUT2D eigenvalue weighted by Crippen LogP contribution is 2.32. The normalized spacial score (nSPS) is 23.4. The van der Waals surface area contributed by atoms with E-state index in [0.29, 0.717) is 12.5 Å². The summed E-state index contributed by atoms with van der Waals surface area (Å²) in [6.07, 6.45) is 1.04. The SMILES string of the molecule is Cc1ccccc1C1CCNCC1CNS(=O)(=O)N(C)C. The summed E-state index contributed by atoms with van der Waals surface area (Å²) in [7, 11) is -0.274. The molecule has 0 aromatic heterocycles. The molecule has 2 N–H and O–H groups in total. The fraction of sp³-hybridized carbons (Fsp3) is 0.600. The zero-order valence-corrected chi connectivity index (χ0v) is 13.8. The second-order valence-electron chi connectivity index (χ2n) is 5.85. The molecule has 2 unspecified atom stereocenters. The highest BCUT2D eigenvalue weighted by molar-refractivity contribution is 7.87. The third-order valence-corrected chi connectivity index (χ3v) is 5.70. The van der Waals surface area contributed by atoms with Crippen LogP contribution in [0.15, 0.2) is 24.3 Å². The Bertz CT molecular complexity index is 572. The van der Waals surface area contributed by atoms with Gasteiger partial charge >= 0.3 is 0 Å². The van der Waals surface area contributed by atoms with Crippen LogP contribution in [-0.4, -0.2) is 46.5 Å². The molecule has 21 heavy (non-hydrogen) atoms. The van der Waals surface area contributed by atoms with Gasteiger partial charge in [-0.05, 0) is 49.4 Å². The van der Waals surface area contributed by atoms with Crippen molar-refractivity contribution in [2.24, 2.45) is 5.92 Å². The Morgan fingerprint density at radius 2 is 2.05 bits per heavy atom. The van der Waals surface area contributed by atoms with Crippen molar-refractivity contribution in [3.05, 3.63) is 35.4 Å². The zero-order valence-electron chi connectivity index (χ0n) is 13.0. The first-order valence-corrected chi connectivity index (χ1v) is 8.79. The molecule has 2 rings (SSSR count). The highest BCUT2D eigenvalue weighted by Gasteiger charge is 2.28. The predicted octanol–water partition coefficient (Wildman–Crippen LogP) is 1.08. The maximum Gasteiger partial charge on any atom is 0.278 e. The van der Waals surface area contributed by atoms with Crippen molar-refractivity contribution in [3.8, 4) is 0 Å². The Kier molecular flexibility index (Phi) is 5.37. The van der Waals surface area contributed by atoms with Gasteiger partial charge in [0.2, 0.25) is 0 Å². The molecule has 2 atom stereocenters. The highest BCUT2D eigenvalue weighted by atomic mass is 32.2. The molecule has 1 fully saturated rings. The monoisotopic (exact) mass is 311 g/mol.